The Balaban J connectivity index is 1.96. The first kappa shape index (κ1) is 15.4. The van der Waals surface area contributed by atoms with Crippen LogP contribution in [0.5, 0.6) is 0 Å². The number of carbonyl (C=O) groups is 1. The molecular formula is C13H27N3O2. The van der Waals surface area contributed by atoms with E-state index in [2.05, 4.69) is 24.2 Å². The van der Waals surface area contributed by atoms with Gasteiger partial charge in [-0.3, -0.25) is 4.79 Å². The average molecular weight is 257 g/mol. The molecule has 0 radical (unpaired) electrons. The van der Waals surface area contributed by atoms with Crippen LogP contribution in [0.1, 0.15) is 19.8 Å². The van der Waals surface area contributed by atoms with Crippen molar-refractivity contribution in [1.82, 2.24) is 15.1 Å². The van der Waals surface area contributed by atoms with Gasteiger partial charge in [-0.05, 0) is 26.4 Å². The number of piperazine rings is 1. The van der Waals surface area contributed by atoms with Gasteiger partial charge >= 0.3 is 0 Å². The molecule has 0 unspecified atom stereocenters. The van der Waals surface area contributed by atoms with Crippen LogP contribution in [0.25, 0.3) is 0 Å². The molecule has 0 saturated carbocycles. The van der Waals surface area contributed by atoms with E-state index in [-0.39, 0.29) is 5.91 Å². The van der Waals surface area contributed by atoms with Gasteiger partial charge in [-0.15, -0.1) is 0 Å². The van der Waals surface area contributed by atoms with Crippen LogP contribution in [0.15, 0.2) is 0 Å². The maximum atomic E-state index is 11.9. The number of ether oxygens (including phenoxy) is 1. The highest BCUT2D eigenvalue weighted by Crippen LogP contribution is 1.98. The summed E-state index contributed by atoms with van der Waals surface area (Å²) in [5.41, 5.74) is 0. The third-order valence-corrected chi connectivity index (χ3v) is 3.12. The molecule has 1 amide bonds. The monoisotopic (exact) mass is 257 g/mol. The summed E-state index contributed by atoms with van der Waals surface area (Å²) < 4.78 is 5.38. The first-order chi connectivity index (χ1) is 8.74. The van der Waals surface area contributed by atoms with Crippen molar-refractivity contribution in [3.05, 3.63) is 0 Å². The van der Waals surface area contributed by atoms with Gasteiger partial charge in [0.05, 0.1) is 6.54 Å². The molecule has 0 aliphatic carbocycles. The van der Waals surface area contributed by atoms with Crippen LogP contribution in [0.3, 0.4) is 0 Å². The lowest BCUT2D eigenvalue weighted by molar-refractivity contribution is -0.131. The zero-order valence-corrected chi connectivity index (χ0v) is 11.8. The Bertz CT molecular complexity index is 228. The molecule has 0 aromatic rings. The van der Waals surface area contributed by atoms with Crippen LogP contribution in [0, 0.1) is 0 Å². The van der Waals surface area contributed by atoms with Crippen molar-refractivity contribution in [2.45, 2.75) is 19.8 Å². The quantitative estimate of drug-likeness (QED) is 0.630. The van der Waals surface area contributed by atoms with Crippen LogP contribution in [-0.4, -0.2) is 75.2 Å². The van der Waals surface area contributed by atoms with E-state index in [1.54, 1.807) is 0 Å². The van der Waals surface area contributed by atoms with Crippen molar-refractivity contribution in [2.24, 2.45) is 0 Å². The van der Waals surface area contributed by atoms with Crippen molar-refractivity contribution in [3.63, 3.8) is 0 Å². The van der Waals surface area contributed by atoms with Crippen LogP contribution in [-0.2, 0) is 9.53 Å². The number of nitrogens with zero attached hydrogens (tertiary/aromatic N) is 2. The Hall–Kier alpha value is -0.650. The molecule has 0 aromatic heterocycles. The lowest BCUT2D eigenvalue weighted by Gasteiger charge is -2.32. The molecular weight excluding hydrogens is 230 g/mol. The Morgan fingerprint density at radius 2 is 1.94 bits per heavy atom. The van der Waals surface area contributed by atoms with Crippen molar-refractivity contribution in [2.75, 3.05) is 59.5 Å². The normalized spacial score (nSPS) is 17.1. The van der Waals surface area contributed by atoms with Crippen LogP contribution < -0.4 is 5.32 Å². The second-order valence-corrected chi connectivity index (χ2v) is 4.83. The highest BCUT2D eigenvalue weighted by Gasteiger charge is 2.17. The fourth-order valence-corrected chi connectivity index (χ4v) is 1.91. The first-order valence-corrected chi connectivity index (χ1v) is 6.98. The summed E-state index contributed by atoms with van der Waals surface area (Å²) in [7, 11) is 2.09. The van der Waals surface area contributed by atoms with Gasteiger partial charge < -0.3 is 19.9 Å². The van der Waals surface area contributed by atoms with Gasteiger partial charge in [0, 0.05) is 39.4 Å². The zero-order chi connectivity index (χ0) is 13.2. The van der Waals surface area contributed by atoms with Crippen molar-refractivity contribution in [1.29, 1.82) is 0 Å². The first-order valence-electron chi connectivity index (χ1n) is 6.98. The Kier molecular flexibility index (Phi) is 7.96. The van der Waals surface area contributed by atoms with E-state index in [4.69, 9.17) is 4.74 Å². The number of nitrogens with one attached hydrogen (secondary N) is 1. The Morgan fingerprint density at radius 1 is 1.22 bits per heavy atom. The lowest BCUT2D eigenvalue weighted by Crippen LogP contribution is -2.49. The Labute approximate surface area is 110 Å². The molecule has 1 heterocycles. The van der Waals surface area contributed by atoms with Crippen LogP contribution in [0.4, 0.5) is 0 Å². The molecule has 1 saturated heterocycles. The number of rotatable bonds is 8. The summed E-state index contributed by atoms with van der Waals surface area (Å²) in [5.74, 6) is 0.220. The third kappa shape index (κ3) is 6.33. The summed E-state index contributed by atoms with van der Waals surface area (Å²) in [6, 6.07) is 0. The summed E-state index contributed by atoms with van der Waals surface area (Å²) in [5, 5.41) is 3.19. The standard InChI is InChI=1S/C13H27N3O2/c1-3-10-18-11-4-5-14-12-13(17)16-8-6-15(2)7-9-16/h14H,3-12H2,1-2H3. The van der Waals surface area contributed by atoms with Crippen molar-refractivity contribution < 1.29 is 9.53 Å². The molecule has 5 nitrogen and oxygen atoms in total. The average Bonchev–Trinajstić information content (AvgIpc) is 2.38. The minimum absolute atomic E-state index is 0.220. The molecule has 0 spiro atoms. The van der Waals surface area contributed by atoms with Gasteiger partial charge in [-0.25, -0.2) is 0 Å². The number of likely N-dealkylation sites (N-methyl/N-ethyl adjacent to an activating group) is 1. The molecule has 1 fully saturated rings. The zero-order valence-electron chi connectivity index (χ0n) is 11.8. The summed E-state index contributed by atoms with van der Waals surface area (Å²) in [6.45, 7) is 8.71. The second kappa shape index (κ2) is 9.30. The van der Waals surface area contributed by atoms with E-state index < -0.39 is 0 Å². The van der Waals surface area contributed by atoms with E-state index in [0.29, 0.717) is 6.54 Å². The molecule has 106 valence electrons. The predicted molar refractivity (Wildman–Crippen MR) is 72.7 cm³/mol. The molecule has 18 heavy (non-hydrogen) atoms. The fourth-order valence-electron chi connectivity index (χ4n) is 1.91. The molecule has 0 bridgehead atoms. The van der Waals surface area contributed by atoms with Gasteiger partial charge in [-0.1, -0.05) is 6.92 Å². The maximum Gasteiger partial charge on any atom is 0.236 e. The minimum atomic E-state index is 0.220. The molecule has 1 aliphatic rings. The number of hydrogen-bond acceptors (Lipinski definition) is 4. The predicted octanol–water partition coefficient (Wildman–Crippen LogP) is 0.167. The summed E-state index contributed by atoms with van der Waals surface area (Å²) >= 11 is 0. The largest absolute Gasteiger partial charge is 0.381 e. The minimum Gasteiger partial charge on any atom is -0.381 e. The van der Waals surface area contributed by atoms with E-state index in [0.717, 1.165) is 58.8 Å². The highest BCUT2D eigenvalue weighted by atomic mass is 16.5. The number of amides is 1. The van der Waals surface area contributed by atoms with Gasteiger partial charge in [0.2, 0.25) is 5.91 Å². The van der Waals surface area contributed by atoms with E-state index in [9.17, 15) is 4.79 Å². The van der Waals surface area contributed by atoms with Crippen molar-refractivity contribution in [3.8, 4) is 0 Å². The van der Waals surface area contributed by atoms with E-state index in [1.807, 2.05) is 4.90 Å². The van der Waals surface area contributed by atoms with Gasteiger partial charge in [-0.2, -0.15) is 0 Å². The molecule has 5 heteroatoms. The van der Waals surface area contributed by atoms with Gasteiger partial charge in [0.25, 0.3) is 0 Å². The van der Waals surface area contributed by atoms with Gasteiger partial charge in [0.1, 0.15) is 0 Å². The maximum absolute atomic E-state index is 11.9. The SMILES string of the molecule is CCCOCCCNCC(=O)N1CCN(C)CC1. The topological polar surface area (TPSA) is 44.8 Å². The van der Waals surface area contributed by atoms with E-state index in [1.165, 1.54) is 0 Å². The van der Waals surface area contributed by atoms with Gasteiger partial charge in [0.15, 0.2) is 0 Å². The lowest BCUT2D eigenvalue weighted by atomic mass is 10.3. The van der Waals surface area contributed by atoms with E-state index >= 15 is 0 Å². The third-order valence-electron chi connectivity index (χ3n) is 3.12. The fraction of sp³-hybridized carbons (Fsp3) is 0.923. The second-order valence-electron chi connectivity index (χ2n) is 4.83. The van der Waals surface area contributed by atoms with Crippen molar-refractivity contribution >= 4 is 5.91 Å². The molecule has 1 rings (SSSR count). The Morgan fingerprint density at radius 3 is 2.61 bits per heavy atom. The highest BCUT2D eigenvalue weighted by molar-refractivity contribution is 5.78. The van der Waals surface area contributed by atoms with Crippen LogP contribution >= 0.6 is 0 Å². The summed E-state index contributed by atoms with van der Waals surface area (Å²) in [4.78, 5) is 16.1. The molecule has 0 atom stereocenters. The number of hydrogen-bond donors (Lipinski definition) is 1. The molecule has 0 aromatic carbocycles. The number of carbonyl (C=O) groups excluding carboxylic acids is 1. The van der Waals surface area contributed by atoms with Crippen LogP contribution in [0.2, 0.25) is 0 Å². The summed E-state index contributed by atoms with van der Waals surface area (Å²) in [6.07, 6.45) is 2.03. The smallest absolute Gasteiger partial charge is 0.236 e. The molecule has 1 aliphatic heterocycles. The molecule has 1 N–H and O–H groups in total.